The molecule has 0 saturated heterocycles. The van der Waals surface area contributed by atoms with E-state index in [0.29, 0.717) is 22.8 Å². The Morgan fingerprint density at radius 2 is 1.45 bits per heavy atom. The molecule has 1 aliphatic carbocycles. The van der Waals surface area contributed by atoms with E-state index in [1.54, 1.807) is 12.1 Å². The number of benzene rings is 2. The molecule has 42 heavy (non-hydrogen) atoms. The monoisotopic (exact) mass is 599 g/mol. The first-order valence-electron chi connectivity index (χ1n) is 12.6. The van der Waals surface area contributed by atoms with Crippen molar-refractivity contribution >= 4 is 39.3 Å². The van der Waals surface area contributed by atoms with Gasteiger partial charge in [-0.3, -0.25) is 19.1 Å². The Labute approximate surface area is 244 Å². The normalized spacial score (nSPS) is 14.0. The number of hydrogen-bond donors (Lipinski definition) is 1. The van der Waals surface area contributed by atoms with E-state index in [0.717, 1.165) is 5.41 Å². The summed E-state index contributed by atoms with van der Waals surface area (Å²) in [5.41, 5.74) is -0.684. The first kappa shape index (κ1) is 31.9. The molecule has 0 bridgehead atoms. The van der Waals surface area contributed by atoms with Crippen LogP contribution in [0, 0.1) is 5.41 Å². The summed E-state index contributed by atoms with van der Waals surface area (Å²) in [6.07, 6.45) is 2.54. The summed E-state index contributed by atoms with van der Waals surface area (Å²) in [5, 5.41) is 0.926. The van der Waals surface area contributed by atoms with Crippen LogP contribution in [-0.2, 0) is 24.4 Å². The topological polar surface area (TPSA) is 144 Å². The van der Waals surface area contributed by atoms with Gasteiger partial charge in [0, 0.05) is 34.9 Å². The highest BCUT2D eigenvalue weighted by Crippen LogP contribution is 2.39. The SMILES string of the molecule is COc1cc(OC)c(/C=C/S(=O)(=O)Nc2ccc(OC)c(OC(=O)C(C)(C)C3=C(C)C(=O)C=C(C)C3=O)c2)c(OC)c1. The van der Waals surface area contributed by atoms with Crippen LogP contribution in [0.25, 0.3) is 6.08 Å². The maximum absolute atomic E-state index is 13.4. The lowest BCUT2D eigenvalue weighted by molar-refractivity contribution is -0.143. The molecule has 3 rings (SSSR count). The third kappa shape index (κ3) is 6.65. The maximum Gasteiger partial charge on any atom is 0.321 e. The van der Waals surface area contributed by atoms with Crippen LogP contribution >= 0.6 is 0 Å². The highest BCUT2D eigenvalue weighted by molar-refractivity contribution is 7.95. The zero-order chi connectivity index (χ0) is 31.4. The van der Waals surface area contributed by atoms with E-state index in [9.17, 15) is 22.8 Å². The number of nitrogens with one attached hydrogen (secondary N) is 1. The van der Waals surface area contributed by atoms with Gasteiger partial charge in [0.2, 0.25) is 0 Å². The first-order chi connectivity index (χ1) is 19.7. The Balaban J connectivity index is 1.90. The van der Waals surface area contributed by atoms with Crippen molar-refractivity contribution < 1.29 is 46.5 Å². The van der Waals surface area contributed by atoms with Gasteiger partial charge in [0.05, 0.1) is 50.5 Å². The number of anilines is 1. The quantitative estimate of drug-likeness (QED) is 0.223. The zero-order valence-electron chi connectivity index (χ0n) is 24.6. The van der Waals surface area contributed by atoms with Gasteiger partial charge in [0.1, 0.15) is 17.2 Å². The number of methoxy groups -OCH3 is 4. The fourth-order valence-electron chi connectivity index (χ4n) is 4.32. The third-order valence-corrected chi connectivity index (χ3v) is 7.62. The van der Waals surface area contributed by atoms with Crippen LogP contribution in [0.2, 0.25) is 0 Å². The van der Waals surface area contributed by atoms with E-state index in [4.69, 9.17) is 23.7 Å². The molecular weight excluding hydrogens is 566 g/mol. The molecule has 0 fully saturated rings. The van der Waals surface area contributed by atoms with Crippen LogP contribution in [0.4, 0.5) is 5.69 Å². The highest BCUT2D eigenvalue weighted by Gasteiger charge is 2.42. The minimum atomic E-state index is -4.09. The van der Waals surface area contributed by atoms with Gasteiger partial charge in [0.15, 0.2) is 23.1 Å². The fourth-order valence-corrected chi connectivity index (χ4v) is 5.15. The molecule has 0 unspecified atom stereocenters. The van der Waals surface area contributed by atoms with Gasteiger partial charge in [0.25, 0.3) is 10.0 Å². The molecule has 224 valence electrons. The maximum atomic E-state index is 13.4. The van der Waals surface area contributed by atoms with Crippen molar-refractivity contribution in [3.63, 3.8) is 0 Å². The number of Topliss-reactive ketones (excluding diaryl/α,β-unsaturated/α-hetero) is 1. The second-order valence-corrected chi connectivity index (χ2v) is 11.4. The Morgan fingerprint density at radius 3 is 2.00 bits per heavy atom. The summed E-state index contributed by atoms with van der Waals surface area (Å²) in [6.45, 7) is 5.93. The predicted octanol–water partition coefficient (Wildman–Crippen LogP) is 4.48. The minimum Gasteiger partial charge on any atom is -0.496 e. The van der Waals surface area contributed by atoms with Gasteiger partial charge in [-0.2, -0.15) is 0 Å². The average Bonchev–Trinajstić information content (AvgIpc) is 2.94. The number of rotatable bonds is 11. The summed E-state index contributed by atoms with van der Waals surface area (Å²) >= 11 is 0. The van der Waals surface area contributed by atoms with Crippen molar-refractivity contribution in [3.8, 4) is 28.7 Å². The molecule has 0 amide bonds. The van der Waals surface area contributed by atoms with Crippen molar-refractivity contribution in [2.24, 2.45) is 5.41 Å². The van der Waals surface area contributed by atoms with Crippen molar-refractivity contribution in [2.75, 3.05) is 33.2 Å². The van der Waals surface area contributed by atoms with Crippen molar-refractivity contribution in [1.29, 1.82) is 0 Å². The van der Waals surface area contributed by atoms with E-state index >= 15 is 0 Å². The number of ether oxygens (including phenoxy) is 5. The molecule has 12 heteroatoms. The van der Waals surface area contributed by atoms with Crippen LogP contribution in [0.1, 0.15) is 33.3 Å². The number of ketones is 2. The molecule has 0 aliphatic heterocycles. The van der Waals surface area contributed by atoms with Crippen LogP contribution in [0.5, 0.6) is 28.7 Å². The number of carbonyl (C=O) groups excluding carboxylic acids is 3. The summed E-state index contributed by atoms with van der Waals surface area (Å²) in [7, 11) is 1.60. The molecule has 0 heterocycles. The zero-order valence-corrected chi connectivity index (χ0v) is 25.4. The lowest BCUT2D eigenvalue weighted by Crippen LogP contribution is -2.37. The summed E-state index contributed by atoms with van der Waals surface area (Å²) < 4.78 is 55.1. The Bertz CT molecular complexity index is 1610. The average molecular weight is 600 g/mol. The summed E-state index contributed by atoms with van der Waals surface area (Å²) in [5.74, 6) is -0.487. The minimum absolute atomic E-state index is 0.0304. The van der Waals surface area contributed by atoms with Crippen molar-refractivity contribution in [3.05, 3.63) is 64.1 Å². The van der Waals surface area contributed by atoms with E-state index in [-0.39, 0.29) is 39.7 Å². The van der Waals surface area contributed by atoms with E-state index in [2.05, 4.69) is 4.72 Å². The van der Waals surface area contributed by atoms with E-state index in [1.165, 1.54) is 86.5 Å². The molecule has 1 aliphatic rings. The smallest absolute Gasteiger partial charge is 0.321 e. The number of sulfonamides is 1. The number of allylic oxidation sites excluding steroid dienone is 3. The largest absolute Gasteiger partial charge is 0.496 e. The van der Waals surface area contributed by atoms with Crippen LogP contribution in [-0.4, -0.2) is 54.4 Å². The van der Waals surface area contributed by atoms with E-state index in [1.807, 2.05) is 0 Å². The molecule has 0 atom stereocenters. The molecule has 0 saturated carbocycles. The Kier molecular flexibility index (Phi) is 9.52. The van der Waals surface area contributed by atoms with E-state index < -0.39 is 27.2 Å². The fraction of sp³-hybridized carbons (Fsp3) is 0.300. The molecule has 11 nitrogen and oxygen atoms in total. The van der Waals surface area contributed by atoms with Gasteiger partial charge in [-0.1, -0.05) is 0 Å². The van der Waals surface area contributed by atoms with Gasteiger partial charge in [-0.25, -0.2) is 8.42 Å². The van der Waals surface area contributed by atoms with Gasteiger partial charge in [-0.15, -0.1) is 0 Å². The molecule has 2 aromatic carbocycles. The van der Waals surface area contributed by atoms with Crippen LogP contribution in [0.15, 0.2) is 58.5 Å². The molecular formula is C30H33NO10S. The molecule has 2 aromatic rings. The standard InChI is InChI=1S/C30H33NO10S/c1-17-13-22(32)18(2)27(28(17)33)30(3,4)29(34)41-26-14-19(9-10-23(26)38-6)31-42(35,36)12-11-21-24(39-7)15-20(37-5)16-25(21)40-8/h9-16,31H,1-8H3/b12-11+. The van der Waals surface area contributed by atoms with Crippen molar-refractivity contribution in [2.45, 2.75) is 27.7 Å². The molecule has 0 aromatic heterocycles. The molecule has 0 spiro atoms. The number of esters is 1. The summed E-state index contributed by atoms with van der Waals surface area (Å²) in [6, 6.07) is 7.28. The summed E-state index contributed by atoms with van der Waals surface area (Å²) in [4.78, 5) is 38.6. The number of hydrogen-bond acceptors (Lipinski definition) is 10. The van der Waals surface area contributed by atoms with Crippen LogP contribution < -0.4 is 28.4 Å². The highest BCUT2D eigenvalue weighted by atomic mass is 32.2. The second kappa shape index (κ2) is 12.5. The van der Waals surface area contributed by atoms with Crippen LogP contribution in [0.3, 0.4) is 0 Å². The first-order valence-corrected chi connectivity index (χ1v) is 14.1. The lowest BCUT2D eigenvalue weighted by atomic mass is 9.74. The lowest BCUT2D eigenvalue weighted by Gasteiger charge is -2.28. The van der Waals surface area contributed by atoms with Gasteiger partial charge >= 0.3 is 5.97 Å². The number of carbonyl (C=O) groups is 3. The molecule has 1 N–H and O–H groups in total. The predicted molar refractivity (Wildman–Crippen MR) is 157 cm³/mol. The van der Waals surface area contributed by atoms with Gasteiger partial charge in [-0.05, 0) is 52.0 Å². The second-order valence-electron chi connectivity index (χ2n) is 9.80. The van der Waals surface area contributed by atoms with Gasteiger partial charge < -0.3 is 23.7 Å². The Hall–Kier alpha value is -4.58. The third-order valence-electron chi connectivity index (χ3n) is 6.61. The Morgan fingerprint density at radius 1 is 0.857 bits per heavy atom. The van der Waals surface area contributed by atoms with Crippen molar-refractivity contribution in [1.82, 2.24) is 0 Å². The molecule has 0 radical (unpaired) electrons.